The minimum atomic E-state index is -0.253. The molecule has 0 radical (unpaired) electrons. The summed E-state index contributed by atoms with van der Waals surface area (Å²) < 4.78 is 6.84. The molecule has 2 aromatic rings. The van der Waals surface area contributed by atoms with E-state index in [1.54, 1.807) is 0 Å². The standard InChI is InChI=1S/C16H19N3O2/c1-11(2)15-12(8-17-16(20)14-10-21-14)9-19(18-15)13-6-4-3-5-7-13/h3-7,9,11,14H,8,10H2,1-2H3,(H,17,20). The van der Waals surface area contributed by atoms with Crippen LogP contribution in [-0.4, -0.2) is 28.4 Å². The Morgan fingerprint density at radius 3 is 2.76 bits per heavy atom. The zero-order valence-corrected chi connectivity index (χ0v) is 12.2. The molecule has 110 valence electrons. The van der Waals surface area contributed by atoms with E-state index in [0.29, 0.717) is 19.1 Å². The number of epoxide rings is 1. The molecule has 5 heteroatoms. The van der Waals surface area contributed by atoms with E-state index in [2.05, 4.69) is 24.3 Å². The Balaban J connectivity index is 1.81. The van der Waals surface area contributed by atoms with Crippen LogP contribution in [-0.2, 0) is 16.1 Å². The van der Waals surface area contributed by atoms with Crippen LogP contribution in [0, 0.1) is 0 Å². The molecular weight excluding hydrogens is 266 g/mol. The molecule has 21 heavy (non-hydrogen) atoms. The number of carbonyl (C=O) groups excluding carboxylic acids is 1. The number of aromatic nitrogens is 2. The van der Waals surface area contributed by atoms with Gasteiger partial charge in [-0.2, -0.15) is 5.10 Å². The zero-order valence-electron chi connectivity index (χ0n) is 12.2. The molecular formula is C16H19N3O2. The molecule has 1 aliphatic rings. The van der Waals surface area contributed by atoms with Gasteiger partial charge in [-0.05, 0) is 18.1 Å². The molecule has 0 spiro atoms. The molecule has 5 nitrogen and oxygen atoms in total. The van der Waals surface area contributed by atoms with E-state index in [9.17, 15) is 4.79 Å². The number of nitrogens with one attached hydrogen (secondary N) is 1. The monoisotopic (exact) mass is 285 g/mol. The fraction of sp³-hybridized carbons (Fsp3) is 0.375. The molecule has 1 amide bonds. The first kappa shape index (κ1) is 13.8. The van der Waals surface area contributed by atoms with Crippen molar-refractivity contribution in [2.24, 2.45) is 0 Å². The van der Waals surface area contributed by atoms with Gasteiger partial charge >= 0.3 is 0 Å². The summed E-state index contributed by atoms with van der Waals surface area (Å²) >= 11 is 0. The lowest BCUT2D eigenvalue weighted by Gasteiger charge is -2.05. The Labute approximate surface area is 123 Å². The van der Waals surface area contributed by atoms with Crippen molar-refractivity contribution in [2.45, 2.75) is 32.4 Å². The van der Waals surface area contributed by atoms with Crippen molar-refractivity contribution in [3.05, 3.63) is 47.8 Å². The maximum atomic E-state index is 11.7. The third-order valence-corrected chi connectivity index (χ3v) is 3.47. The van der Waals surface area contributed by atoms with Crippen molar-refractivity contribution in [1.29, 1.82) is 0 Å². The highest BCUT2D eigenvalue weighted by Gasteiger charge is 2.31. The number of hydrogen-bond donors (Lipinski definition) is 1. The average Bonchev–Trinajstić information content (AvgIpc) is 3.25. The first-order valence-electron chi connectivity index (χ1n) is 7.18. The second-order valence-electron chi connectivity index (χ2n) is 5.51. The molecule has 0 saturated carbocycles. The van der Waals surface area contributed by atoms with Gasteiger partial charge in [0.25, 0.3) is 5.91 Å². The molecule has 1 aromatic heterocycles. The second kappa shape index (κ2) is 5.69. The number of para-hydroxylation sites is 1. The van der Waals surface area contributed by atoms with Crippen molar-refractivity contribution < 1.29 is 9.53 Å². The Morgan fingerprint density at radius 1 is 1.43 bits per heavy atom. The van der Waals surface area contributed by atoms with E-state index in [0.717, 1.165) is 16.9 Å². The maximum absolute atomic E-state index is 11.7. The Morgan fingerprint density at radius 2 is 2.14 bits per heavy atom. The second-order valence-corrected chi connectivity index (χ2v) is 5.51. The van der Waals surface area contributed by atoms with Crippen LogP contribution in [0.5, 0.6) is 0 Å². The van der Waals surface area contributed by atoms with Gasteiger partial charge in [-0.15, -0.1) is 0 Å². The number of benzene rings is 1. The van der Waals surface area contributed by atoms with Crippen LogP contribution in [0.3, 0.4) is 0 Å². The van der Waals surface area contributed by atoms with Crippen LogP contribution in [0.4, 0.5) is 0 Å². The average molecular weight is 285 g/mol. The normalized spacial score (nSPS) is 17.0. The molecule has 0 bridgehead atoms. The molecule has 1 aromatic carbocycles. The van der Waals surface area contributed by atoms with E-state index in [4.69, 9.17) is 4.74 Å². The van der Waals surface area contributed by atoms with Crippen LogP contribution < -0.4 is 5.32 Å². The lowest BCUT2D eigenvalue weighted by molar-refractivity contribution is -0.122. The van der Waals surface area contributed by atoms with Gasteiger partial charge in [-0.25, -0.2) is 4.68 Å². The van der Waals surface area contributed by atoms with Crippen LogP contribution in [0.2, 0.25) is 0 Å². The Kier molecular flexibility index (Phi) is 3.75. The van der Waals surface area contributed by atoms with E-state index in [1.807, 2.05) is 41.2 Å². The summed E-state index contributed by atoms with van der Waals surface area (Å²) in [4.78, 5) is 11.7. The number of rotatable bonds is 5. The van der Waals surface area contributed by atoms with Crippen molar-refractivity contribution in [2.75, 3.05) is 6.61 Å². The summed E-state index contributed by atoms with van der Waals surface area (Å²) in [6.07, 6.45) is 1.73. The SMILES string of the molecule is CC(C)c1nn(-c2ccccc2)cc1CNC(=O)C1CO1. The molecule has 2 heterocycles. The smallest absolute Gasteiger partial charge is 0.251 e. The molecule has 0 aliphatic carbocycles. The van der Waals surface area contributed by atoms with Gasteiger partial charge in [0.1, 0.15) is 0 Å². The third-order valence-electron chi connectivity index (χ3n) is 3.47. The first-order valence-corrected chi connectivity index (χ1v) is 7.18. The van der Waals surface area contributed by atoms with Crippen molar-refractivity contribution in [3.8, 4) is 5.69 Å². The molecule has 1 aliphatic heterocycles. The number of hydrogen-bond acceptors (Lipinski definition) is 3. The van der Waals surface area contributed by atoms with Gasteiger partial charge in [-0.3, -0.25) is 4.79 Å². The molecule has 3 rings (SSSR count). The van der Waals surface area contributed by atoms with E-state index in [-0.39, 0.29) is 12.0 Å². The minimum Gasteiger partial charge on any atom is -0.363 e. The highest BCUT2D eigenvalue weighted by atomic mass is 16.6. The van der Waals surface area contributed by atoms with Crippen LogP contribution in [0.1, 0.15) is 31.0 Å². The summed E-state index contributed by atoms with van der Waals surface area (Å²) in [6, 6.07) is 9.97. The highest BCUT2D eigenvalue weighted by Crippen LogP contribution is 2.20. The minimum absolute atomic E-state index is 0.0443. The quantitative estimate of drug-likeness (QED) is 0.855. The van der Waals surface area contributed by atoms with Crippen molar-refractivity contribution in [3.63, 3.8) is 0 Å². The predicted molar refractivity (Wildman–Crippen MR) is 79.2 cm³/mol. The number of amides is 1. The van der Waals surface area contributed by atoms with E-state index in [1.165, 1.54) is 0 Å². The maximum Gasteiger partial charge on any atom is 0.251 e. The van der Waals surface area contributed by atoms with Gasteiger partial charge in [0.05, 0.1) is 18.0 Å². The Bertz CT molecular complexity index is 630. The van der Waals surface area contributed by atoms with Gasteiger partial charge < -0.3 is 10.1 Å². The Hall–Kier alpha value is -2.14. The van der Waals surface area contributed by atoms with E-state index >= 15 is 0 Å². The summed E-state index contributed by atoms with van der Waals surface area (Å²) in [5.41, 5.74) is 3.07. The fourth-order valence-corrected chi connectivity index (χ4v) is 2.25. The largest absolute Gasteiger partial charge is 0.363 e. The van der Waals surface area contributed by atoms with Crippen molar-refractivity contribution >= 4 is 5.91 Å². The summed E-state index contributed by atoms with van der Waals surface area (Å²) in [6.45, 7) is 5.23. The zero-order chi connectivity index (χ0) is 14.8. The van der Waals surface area contributed by atoms with E-state index < -0.39 is 0 Å². The third kappa shape index (κ3) is 3.13. The van der Waals surface area contributed by atoms with Gasteiger partial charge in [0, 0.05) is 18.3 Å². The van der Waals surface area contributed by atoms with Crippen LogP contribution in [0.25, 0.3) is 5.69 Å². The lowest BCUT2D eigenvalue weighted by atomic mass is 10.1. The first-order chi connectivity index (χ1) is 10.1. The van der Waals surface area contributed by atoms with Gasteiger partial charge in [0.15, 0.2) is 6.10 Å². The molecule has 1 N–H and O–H groups in total. The molecule has 1 atom stereocenters. The predicted octanol–water partition coefficient (Wildman–Crippen LogP) is 2.01. The fourth-order valence-electron chi connectivity index (χ4n) is 2.25. The number of ether oxygens (including phenoxy) is 1. The summed E-state index contributed by atoms with van der Waals surface area (Å²) in [5, 5.41) is 7.56. The highest BCUT2D eigenvalue weighted by molar-refractivity contribution is 5.82. The summed E-state index contributed by atoms with van der Waals surface area (Å²) in [5.74, 6) is 0.260. The van der Waals surface area contributed by atoms with Crippen molar-refractivity contribution in [1.82, 2.24) is 15.1 Å². The van der Waals surface area contributed by atoms with Gasteiger partial charge in [-0.1, -0.05) is 32.0 Å². The molecule has 1 saturated heterocycles. The number of nitrogens with zero attached hydrogens (tertiary/aromatic N) is 2. The topological polar surface area (TPSA) is 59.5 Å². The van der Waals surface area contributed by atoms with Crippen LogP contribution in [0.15, 0.2) is 36.5 Å². The number of carbonyl (C=O) groups is 1. The molecule has 1 fully saturated rings. The lowest BCUT2D eigenvalue weighted by Crippen LogP contribution is -2.27. The molecule has 1 unspecified atom stereocenters. The van der Waals surface area contributed by atoms with Gasteiger partial charge in [0.2, 0.25) is 0 Å². The summed E-state index contributed by atoms with van der Waals surface area (Å²) in [7, 11) is 0. The van der Waals surface area contributed by atoms with Crippen LogP contribution >= 0.6 is 0 Å².